The van der Waals surface area contributed by atoms with Crippen LogP contribution in [0.5, 0.6) is 11.5 Å². The molecule has 0 aliphatic heterocycles. The van der Waals surface area contributed by atoms with Crippen molar-refractivity contribution in [2.45, 2.75) is 18.7 Å². The Balaban J connectivity index is 0.00000420. The second kappa shape index (κ2) is 12.6. The summed E-state index contributed by atoms with van der Waals surface area (Å²) in [6.45, 7) is 3.73. The molecule has 0 spiro atoms. The maximum atomic E-state index is 13.4. The van der Waals surface area contributed by atoms with Gasteiger partial charge in [0.2, 0.25) is 0 Å². The maximum absolute atomic E-state index is 13.4. The minimum atomic E-state index is -4.55. The van der Waals surface area contributed by atoms with Crippen molar-refractivity contribution in [1.82, 2.24) is 0 Å². The summed E-state index contributed by atoms with van der Waals surface area (Å²) < 4.78 is 38.3. The van der Waals surface area contributed by atoms with Gasteiger partial charge in [-0.25, -0.2) is 0 Å². The van der Waals surface area contributed by atoms with Crippen LogP contribution < -0.4 is 44.7 Å². The van der Waals surface area contributed by atoms with Crippen molar-refractivity contribution >= 4 is 67.1 Å². The van der Waals surface area contributed by atoms with E-state index in [1.54, 1.807) is 42.5 Å². The van der Waals surface area contributed by atoms with Gasteiger partial charge in [-0.2, -0.15) is 13.5 Å². The first-order chi connectivity index (χ1) is 18.0. The Bertz CT molecular complexity index is 1710. The number of hydrogen-bond acceptors (Lipinski definition) is 7. The van der Waals surface area contributed by atoms with Gasteiger partial charge in [-0.05, 0) is 55.1 Å². The number of benzene rings is 4. The quantitative estimate of drug-likeness (QED) is 0.189. The third-order valence-corrected chi connectivity index (χ3v) is 7.11. The fourth-order valence-corrected chi connectivity index (χ4v) is 4.92. The zero-order valence-electron chi connectivity index (χ0n) is 21.0. The third-order valence-electron chi connectivity index (χ3n) is 5.50. The van der Waals surface area contributed by atoms with Gasteiger partial charge in [0.05, 0.1) is 32.9 Å². The van der Waals surface area contributed by atoms with E-state index in [9.17, 15) is 22.9 Å². The third kappa shape index (κ3) is 6.90. The van der Waals surface area contributed by atoms with Crippen LogP contribution in [0.15, 0.2) is 75.8 Å². The molecule has 2 N–H and O–H groups in total. The van der Waals surface area contributed by atoms with Crippen LogP contribution >= 0.6 is 23.2 Å². The van der Waals surface area contributed by atoms with Gasteiger partial charge in [0.25, 0.3) is 16.0 Å². The van der Waals surface area contributed by atoms with Crippen LogP contribution in [0.2, 0.25) is 10.0 Å². The summed E-state index contributed by atoms with van der Waals surface area (Å²) in [6.07, 6.45) is 0. The average molecular weight is 596 g/mol. The number of amides is 1. The molecule has 0 aliphatic carbocycles. The first-order valence-electron chi connectivity index (χ1n) is 11.2. The molecule has 0 unspecified atom stereocenters. The molecule has 0 saturated carbocycles. The average Bonchev–Trinajstić information content (AvgIpc) is 2.85. The van der Waals surface area contributed by atoms with Crippen LogP contribution in [0.3, 0.4) is 0 Å². The predicted octanol–water partition coefficient (Wildman–Crippen LogP) is 3.85. The van der Waals surface area contributed by atoms with Crippen LogP contribution in [0.1, 0.15) is 22.8 Å². The van der Waals surface area contributed by atoms with Crippen molar-refractivity contribution in [3.05, 3.63) is 81.8 Å². The first kappa shape index (κ1) is 30.8. The molecule has 0 fully saturated rings. The number of carbonyl (C=O) groups excluding carboxylic acids is 1. The second-order valence-electron chi connectivity index (χ2n) is 8.10. The number of nitrogens with zero attached hydrogens (tertiary/aromatic N) is 2. The van der Waals surface area contributed by atoms with Gasteiger partial charge in [0.1, 0.15) is 11.4 Å². The minimum Gasteiger partial charge on any atom is -0.870 e. The monoisotopic (exact) mass is 595 g/mol. The van der Waals surface area contributed by atoms with Crippen LogP contribution in [0.25, 0.3) is 10.8 Å². The summed E-state index contributed by atoms with van der Waals surface area (Å²) >= 11 is 12.5. The van der Waals surface area contributed by atoms with Crippen molar-refractivity contribution in [1.29, 1.82) is 0 Å². The van der Waals surface area contributed by atoms with Crippen LogP contribution in [0.4, 0.5) is 17.1 Å². The molecule has 0 heterocycles. The Morgan fingerprint density at radius 3 is 2.44 bits per heavy atom. The normalized spacial score (nSPS) is 11.4. The molecule has 0 aromatic heterocycles. The van der Waals surface area contributed by atoms with Crippen molar-refractivity contribution in [3.63, 3.8) is 0 Å². The smallest absolute Gasteiger partial charge is 0.870 e. The van der Waals surface area contributed by atoms with E-state index < -0.39 is 26.7 Å². The van der Waals surface area contributed by atoms with Gasteiger partial charge < -0.3 is 15.2 Å². The Kier molecular flexibility index (Phi) is 10.0. The van der Waals surface area contributed by atoms with Gasteiger partial charge in [-0.3, -0.25) is 9.35 Å². The topological polar surface area (TPSA) is 140 Å². The number of aryl methyl sites for hydroxylation is 1. The number of fused-ring (bicyclic) bond motifs is 1. The number of carbonyl (C=O) groups is 1. The summed E-state index contributed by atoms with van der Waals surface area (Å²) in [6, 6.07) is 15.3. The zero-order valence-corrected chi connectivity index (χ0v) is 25.4. The molecule has 1 amide bonds. The number of azo groups is 1. The summed E-state index contributed by atoms with van der Waals surface area (Å²) in [7, 11) is -4.55. The molecular weight excluding hydrogens is 576 g/mol. The molecule has 4 aromatic carbocycles. The molecule has 39 heavy (non-hydrogen) atoms. The molecule has 4 rings (SSSR count). The zero-order chi connectivity index (χ0) is 27.6. The Hall–Kier alpha value is -2.70. The number of hydrogen-bond donors (Lipinski definition) is 2. The first-order valence-corrected chi connectivity index (χ1v) is 13.3. The van der Waals surface area contributed by atoms with E-state index in [2.05, 4.69) is 15.5 Å². The SMILES string of the molecule is CCOc1ccc(NC(=O)c2cc3ccccc3c(N=Nc3cc(S(=O)(=O)O)c(C)cc3Cl)c2[O-])c(Cl)c1.[Na+]. The molecule has 13 heteroatoms. The van der Waals surface area contributed by atoms with E-state index in [0.717, 1.165) is 6.07 Å². The number of nitrogens with one attached hydrogen (secondary N) is 1. The van der Waals surface area contributed by atoms with Crippen molar-refractivity contribution in [2.75, 3.05) is 11.9 Å². The van der Waals surface area contributed by atoms with E-state index in [1.165, 1.54) is 19.1 Å². The van der Waals surface area contributed by atoms with E-state index in [4.69, 9.17) is 27.9 Å². The maximum Gasteiger partial charge on any atom is 1.00 e. The number of anilines is 1. The molecule has 0 radical (unpaired) electrons. The molecule has 0 bridgehead atoms. The molecule has 0 atom stereocenters. The van der Waals surface area contributed by atoms with Gasteiger partial charge in [0.15, 0.2) is 0 Å². The molecule has 4 aromatic rings. The largest absolute Gasteiger partial charge is 1.00 e. The Morgan fingerprint density at radius 2 is 1.77 bits per heavy atom. The predicted molar refractivity (Wildman–Crippen MR) is 144 cm³/mol. The Labute approximate surface area is 256 Å². The van der Waals surface area contributed by atoms with Crippen molar-refractivity contribution in [2.24, 2.45) is 10.2 Å². The molecular formula is C26H20Cl2N3NaO6S. The van der Waals surface area contributed by atoms with Crippen molar-refractivity contribution < 1.29 is 57.2 Å². The summed E-state index contributed by atoms with van der Waals surface area (Å²) in [5.41, 5.74) is 0.0229. The summed E-state index contributed by atoms with van der Waals surface area (Å²) in [5, 5.41) is 25.3. The fourth-order valence-electron chi connectivity index (χ4n) is 3.72. The van der Waals surface area contributed by atoms with Gasteiger partial charge in [-0.1, -0.05) is 53.2 Å². The second-order valence-corrected chi connectivity index (χ2v) is 10.3. The van der Waals surface area contributed by atoms with E-state index in [1.807, 2.05) is 6.92 Å². The van der Waals surface area contributed by atoms with Gasteiger partial charge in [0, 0.05) is 17.0 Å². The summed E-state index contributed by atoms with van der Waals surface area (Å²) in [5.74, 6) is -0.907. The number of ether oxygens (including phenoxy) is 1. The van der Waals surface area contributed by atoms with Gasteiger partial charge in [-0.15, -0.1) is 5.11 Å². The van der Waals surface area contributed by atoms with Crippen molar-refractivity contribution in [3.8, 4) is 11.5 Å². The summed E-state index contributed by atoms with van der Waals surface area (Å²) in [4.78, 5) is 12.7. The van der Waals surface area contributed by atoms with Crippen LogP contribution in [-0.2, 0) is 10.1 Å². The van der Waals surface area contributed by atoms with E-state index in [-0.39, 0.29) is 67.8 Å². The van der Waals surface area contributed by atoms with E-state index >= 15 is 0 Å². The fraction of sp³-hybridized carbons (Fsp3) is 0.115. The van der Waals surface area contributed by atoms with E-state index in [0.29, 0.717) is 23.1 Å². The molecule has 196 valence electrons. The van der Waals surface area contributed by atoms with Crippen LogP contribution in [0, 0.1) is 6.92 Å². The molecule has 9 nitrogen and oxygen atoms in total. The standard InChI is InChI=1S/C26H21Cl2N3O6S.Na/c1-3-37-16-8-9-21(20(28)12-16)29-26(33)18-11-15-6-4-5-7-17(15)24(25(18)32)31-30-22-13-23(38(34,35)36)14(2)10-19(22)27;/h4-13,32H,3H2,1-2H3,(H,29,33)(H,34,35,36);/q;+1/p-1. The Morgan fingerprint density at radius 1 is 1.05 bits per heavy atom. The molecule has 0 saturated heterocycles. The minimum absolute atomic E-state index is 0. The van der Waals surface area contributed by atoms with Crippen LogP contribution in [-0.4, -0.2) is 25.5 Å². The number of rotatable bonds is 7. The number of halogens is 2. The molecule has 0 aliphatic rings. The van der Waals surface area contributed by atoms with Gasteiger partial charge >= 0.3 is 29.6 Å².